The van der Waals surface area contributed by atoms with Crippen molar-refractivity contribution >= 4 is 29.5 Å². The van der Waals surface area contributed by atoms with Gasteiger partial charge >= 0.3 is 5.97 Å². The molecule has 4 N–H and O–H groups in total. The van der Waals surface area contributed by atoms with Crippen LogP contribution in [-0.2, 0) is 25.5 Å². The Labute approximate surface area is 243 Å². The molecule has 226 valence electrons. The van der Waals surface area contributed by atoms with Crippen molar-refractivity contribution < 1.29 is 32.3 Å². The first-order valence-electron chi connectivity index (χ1n) is 13.8. The van der Waals surface area contributed by atoms with E-state index in [0.717, 1.165) is 11.6 Å². The molecule has 0 saturated carbocycles. The van der Waals surface area contributed by atoms with E-state index in [1.54, 1.807) is 0 Å². The lowest BCUT2D eigenvalue weighted by atomic mass is 9.98. The number of carbonyl (C=O) groups is 3. The highest BCUT2D eigenvalue weighted by atomic mass is 32.2. The average Bonchev–Trinajstić information content (AvgIpc) is 3.39. The predicted octanol–water partition coefficient (Wildman–Crippen LogP) is 3.20. The van der Waals surface area contributed by atoms with Crippen molar-refractivity contribution in [1.82, 2.24) is 15.5 Å². The van der Waals surface area contributed by atoms with Crippen molar-refractivity contribution in [2.45, 2.75) is 76.6 Å². The maximum atomic E-state index is 14.0. The van der Waals surface area contributed by atoms with Crippen molar-refractivity contribution in [2.24, 2.45) is 11.7 Å². The van der Waals surface area contributed by atoms with Gasteiger partial charge in [-0.05, 0) is 49.8 Å². The molecule has 1 fully saturated rings. The Bertz CT molecular complexity index is 1180. The van der Waals surface area contributed by atoms with Gasteiger partial charge in [0, 0.05) is 43.4 Å². The summed E-state index contributed by atoms with van der Waals surface area (Å²) in [4.78, 5) is 39.7. The van der Waals surface area contributed by atoms with E-state index in [4.69, 9.17) is 10.5 Å². The Balaban J connectivity index is 1.48. The molecule has 0 radical (unpaired) electrons. The van der Waals surface area contributed by atoms with E-state index >= 15 is 0 Å². The van der Waals surface area contributed by atoms with Crippen LogP contribution < -0.4 is 16.4 Å². The number of halogens is 3. The van der Waals surface area contributed by atoms with Gasteiger partial charge in [-0.3, -0.25) is 19.7 Å². The van der Waals surface area contributed by atoms with Gasteiger partial charge in [0.15, 0.2) is 17.0 Å². The SMILES string of the molecule is CC(C)OC(=O)[C@H](NC1C=CC(CNC(=O)[C@@H]2SCCN2C(=O)C[C@H](N)Cc2cc(F)c(F)cc2F)=CC1)C(C)C. The number of nitrogens with zero attached hydrogens (tertiary/aromatic N) is 1. The minimum Gasteiger partial charge on any atom is -0.462 e. The fraction of sp³-hybridized carbons (Fsp3) is 0.552. The molecular formula is C29H39F3N4O4S. The molecule has 3 rings (SSSR count). The van der Waals surface area contributed by atoms with E-state index in [9.17, 15) is 27.6 Å². The molecule has 8 nitrogen and oxygen atoms in total. The second-order valence-electron chi connectivity index (χ2n) is 10.9. The highest BCUT2D eigenvalue weighted by molar-refractivity contribution is 8.00. The number of carbonyl (C=O) groups excluding carboxylic acids is 3. The molecule has 1 saturated heterocycles. The summed E-state index contributed by atoms with van der Waals surface area (Å²) in [5, 5.41) is 5.49. The summed E-state index contributed by atoms with van der Waals surface area (Å²) >= 11 is 1.34. The summed E-state index contributed by atoms with van der Waals surface area (Å²) in [6, 6.07) is -0.126. The summed E-state index contributed by atoms with van der Waals surface area (Å²) in [6.45, 7) is 8.18. The van der Waals surface area contributed by atoms with Crippen LogP contribution in [0.25, 0.3) is 0 Å². The van der Waals surface area contributed by atoms with E-state index < -0.39 is 34.9 Å². The largest absolute Gasteiger partial charge is 0.462 e. The zero-order valence-electron chi connectivity index (χ0n) is 23.8. The van der Waals surface area contributed by atoms with E-state index in [2.05, 4.69) is 10.6 Å². The number of ether oxygens (including phenoxy) is 1. The molecule has 1 aliphatic heterocycles. The number of nitrogens with two attached hydrogens (primary N) is 1. The third-order valence-electron chi connectivity index (χ3n) is 6.75. The molecule has 0 aromatic heterocycles. The first kappa shape index (κ1) is 32.7. The zero-order chi connectivity index (χ0) is 30.3. The number of amides is 2. The molecule has 1 heterocycles. The van der Waals surface area contributed by atoms with Gasteiger partial charge in [0.05, 0.1) is 6.10 Å². The third kappa shape index (κ3) is 9.34. The molecule has 1 aromatic carbocycles. The standard InChI is InChI=1S/C29H39F3N4O4S/c1-16(2)26(29(39)40-17(3)4)35-21-7-5-18(6-8-21)15-34-27(38)28-36(9-10-41-28)25(37)13-20(33)11-19-12-23(31)24(32)14-22(19)30/h5-7,12,14,16-17,20-21,26,28,35H,8-11,13,15,33H2,1-4H3,(H,34,38)/t20-,21?,26-,28+/m1/s1. The van der Waals surface area contributed by atoms with Crippen LogP contribution >= 0.6 is 11.8 Å². The molecule has 4 atom stereocenters. The van der Waals surface area contributed by atoms with E-state index in [0.29, 0.717) is 24.8 Å². The van der Waals surface area contributed by atoms with Gasteiger partial charge in [-0.15, -0.1) is 11.8 Å². The van der Waals surface area contributed by atoms with Gasteiger partial charge in [-0.1, -0.05) is 32.1 Å². The number of hydrogen-bond acceptors (Lipinski definition) is 7. The molecule has 12 heteroatoms. The van der Waals surface area contributed by atoms with Crippen LogP contribution in [0, 0.1) is 23.4 Å². The van der Waals surface area contributed by atoms with E-state index in [1.165, 1.54) is 16.7 Å². The van der Waals surface area contributed by atoms with Gasteiger partial charge in [0.1, 0.15) is 11.9 Å². The monoisotopic (exact) mass is 596 g/mol. The maximum absolute atomic E-state index is 14.0. The average molecular weight is 597 g/mol. The van der Waals surface area contributed by atoms with Crippen LogP contribution in [-0.4, -0.2) is 71.1 Å². The molecular weight excluding hydrogens is 557 g/mol. The first-order chi connectivity index (χ1) is 19.3. The summed E-state index contributed by atoms with van der Waals surface area (Å²) in [6.07, 6.45) is 5.96. The van der Waals surface area contributed by atoms with Gasteiger partial charge in [0.2, 0.25) is 5.91 Å². The first-order valence-corrected chi connectivity index (χ1v) is 14.8. The third-order valence-corrected chi connectivity index (χ3v) is 7.96. The summed E-state index contributed by atoms with van der Waals surface area (Å²) in [5.41, 5.74) is 6.81. The van der Waals surface area contributed by atoms with Crippen molar-refractivity contribution in [3.05, 3.63) is 58.9 Å². The second kappa shape index (κ2) is 14.9. The van der Waals surface area contributed by atoms with E-state index in [-0.39, 0.29) is 60.8 Å². The Morgan fingerprint density at radius 2 is 1.83 bits per heavy atom. The van der Waals surface area contributed by atoms with Crippen LogP contribution in [0.2, 0.25) is 0 Å². The minimum atomic E-state index is -1.29. The Morgan fingerprint density at radius 1 is 1.12 bits per heavy atom. The van der Waals surface area contributed by atoms with Gasteiger partial charge < -0.3 is 20.7 Å². The molecule has 1 aromatic rings. The maximum Gasteiger partial charge on any atom is 0.323 e. The molecule has 41 heavy (non-hydrogen) atoms. The van der Waals surface area contributed by atoms with Gasteiger partial charge in [-0.2, -0.15) is 0 Å². The summed E-state index contributed by atoms with van der Waals surface area (Å²) < 4.78 is 46.0. The van der Waals surface area contributed by atoms with E-state index in [1.807, 2.05) is 45.9 Å². The zero-order valence-corrected chi connectivity index (χ0v) is 24.6. The highest BCUT2D eigenvalue weighted by Crippen LogP contribution is 2.25. The van der Waals surface area contributed by atoms with Crippen LogP contribution in [0.15, 0.2) is 35.9 Å². The van der Waals surface area contributed by atoms with Crippen molar-refractivity contribution in [3.8, 4) is 0 Å². The predicted molar refractivity (Wildman–Crippen MR) is 152 cm³/mol. The number of hydrogen-bond donors (Lipinski definition) is 3. The summed E-state index contributed by atoms with van der Waals surface area (Å²) in [7, 11) is 0. The van der Waals surface area contributed by atoms with Crippen LogP contribution in [0.1, 0.15) is 46.1 Å². The summed E-state index contributed by atoms with van der Waals surface area (Å²) in [5.74, 6) is -3.75. The van der Waals surface area contributed by atoms with Crippen LogP contribution in [0.5, 0.6) is 0 Å². The van der Waals surface area contributed by atoms with Gasteiger partial charge in [-0.25, -0.2) is 13.2 Å². The fourth-order valence-corrected chi connectivity index (χ4v) is 5.79. The molecule has 2 aliphatic rings. The lowest BCUT2D eigenvalue weighted by Crippen LogP contribution is -2.48. The smallest absolute Gasteiger partial charge is 0.323 e. The number of esters is 1. The van der Waals surface area contributed by atoms with Crippen LogP contribution in [0.3, 0.4) is 0 Å². The van der Waals surface area contributed by atoms with Gasteiger partial charge in [0.25, 0.3) is 5.91 Å². The Kier molecular flexibility index (Phi) is 11.9. The normalized spacial score (nSPS) is 20.2. The lowest BCUT2D eigenvalue weighted by molar-refractivity contribution is -0.151. The number of thioether (sulfide) groups is 1. The lowest BCUT2D eigenvalue weighted by Gasteiger charge is -2.27. The molecule has 1 aliphatic carbocycles. The number of nitrogens with one attached hydrogen (secondary N) is 2. The minimum absolute atomic E-state index is 0.0514. The van der Waals surface area contributed by atoms with Crippen molar-refractivity contribution in [2.75, 3.05) is 18.8 Å². The molecule has 0 bridgehead atoms. The highest BCUT2D eigenvalue weighted by Gasteiger charge is 2.35. The van der Waals surface area contributed by atoms with Crippen molar-refractivity contribution in [1.29, 1.82) is 0 Å². The Morgan fingerprint density at radius 3 is 2.46 bits per heavy atom. The molecule has 0 spiro atoms. The number of benzene rings is 1. The number of rotatable bonds is 12. The quantitative estimate of drug-likeness (QED) is 0.251. The fourth-order valence-electron chi connectivity index (χ4n) is 4.62. The second-order valence-corrected chi connectivity index (χ2v) is 12.1. The topological polar surface area (TPSA) is 114 Å². The van der Waals surface area contributed by atoms with Crippen LogP contribution in [0.4, 0.5) is 13.2 Å². The molecule has 2 amide bonds. The Hall–Kier alpha value is -2.83. The molecule has 1 unspecified atom stereocenters. The van der Waals surface area contributed by atoms with Crippen molar-refractivity contribution in [3.63, 3.8) is 0 Å².